The molecular weight excluding hydrogens is 250 g/mol. The Labute approximate surface area is 121 Å². The Kier molecular flexibility index (Phi) is 4.99. The van der Waals surface area contributed by atoms with Gasteiger partial charge in [0, 0.05) is 12.2 Å². The van der Waals surface area contributed by atoms with E-state index in [0.29, 0.717) is 17.9 Å². The minimum absolute atomic E-state index is 0.0744. The van der Waals surface area contributed by atoms with Gasteiger partial charge in [0.15, 0.2) is 0 Å². The molecule has 0 saturated heterocycles. The van der Waals surface area contributed by atoms with Crippen LogP contribution in [0.5, 0.6) is 0 Å². The molecule has 2 amide bonds. The zero-order chi connectivity index (χ0) is 14.5. The van der Waals surface area contributed by atoms with Gasteiger partial charge in [-0.3, -0.25) is 4.98 Å². The molecule has 1 fully saturated rings. The molecule has 0 radical (unpaired) electrons. The predicted octanol–water partition coefficient (Wildman–Crippen LogP) is 3.27. The molecule has 0 spiro atoms. The molecule has 1 aromatic heterocycles. The van der Waals surface area contributed by atoms with Gasteiger partial charge in [-0.2, -0.15) is 0 Å². The number of carbonyl (C=O) groups is 1. The van der Waals surface area contributed by atoms with Crippen LogP contribution < -0.4 is 10.6 Å². The van der Waals surface area contributed by atoms with Gasteiger partial charge in [0.1, 0.15) is 0 Å². The molecule has 1 heterocycles. The molecule has 0 aromatic carbocycles. The summed E-state index contributed by atoms with van der Waals surface area (Å²) >= 11 is 0. The van der Waals surface area contributed by atoms with Gasteiger partial charge in [0.2, 0.25) is 0 Å². The van der Waals surface area contributed by atoms with Gasteiger partial charge in [-0.25, -0.2) is 4.79 Å². The van der Waals surface area contributed by atoms with Crippen molar-refractivity contribution in [3.05, 3.63) is 30.1 Å². The van der Waals surface area contributed by atoms with Crippen molar-refractivity contribution in [2.75, 3.05) is 0 Å². The summed E-state index contributed by atoms with van der Waals surface area (Å²) in [6.07, 6.45) is 5.17. The van der Waals surface area contributed by atoms with E-state index in [1.165, 1.54) is 6.42 Å². The van der Waals surface area contributed by atoms with Crippen LogP contribution in [0.25, 0.3) is 0 Å². The molecule has 1 aliphatic rings. The summed E-state index contributed by atoms with van der Waals surface area (Å²) < 4.78 is 0. The highest BCUT2D eigenvalue weighted by Gasteiger charge is 2.25. The monoisotopic (exact) mass is 275 g/mol. The van der Waals surface area contributed by atoms with Crippen LogP contribution >= 0.6 is 0 Å². The van der Waals surface area contributed by atoms with Gasteiger partial charge in [0.25, 0.3) is 0 Å². The first-order valence-electron chi connectivity index (χ1n) is 7.52. The number of pyridine rings is 1. The van der Waals surface area contributed by atoms with Gasteiger partial charge < -0.3 is 10.6 Å². The highest BCUT2D eigenvalue weighted by Crippen LogP contribution is 2.28. The van der Waals surface area contributed by atoms with E-state index in [2.05, 4.69) is 29.5 Å². The van der Waals surface area contributed by atoms with Crippen molar-refractivity contribution in [2.45, 2.75) is 52.1 Å². The summed E-state index contributed by atoms with van der Waals surface area (Å²) in [4.78, 5) is 16.3. The number of amides is 2. The quantitative estimate of drug-likeness (QED) is 0.889. The Bertz CT molecular complexity index is 425. The molecule has 4 nitrogen and oxygen atoms in total. The van der Waals surface area contributed by atoms with Gasteiger partial charge in [-0.05, 0) is 50.2 Å². The lowest BCUT2D eigenvalue weighted by Crippen LogP contribution is -2.45. The Balaban J connectivity index is 1.83. The molecule has 20 heavy (non-hydrogen) atoms. The van der Waals surface area contributed by atoms with Crippen LogP contribution in [0.2, 0.25) is 0 Å². The number of urea groups is 1. The number of carbonyl (C=O) groups excluding carboxylic acids is 1. The summed E-state index contributed by atoms with van der Waals surface area (Å²) in [7, 11) is 0. The molecule has 1 saturated carbocycles. The molecular formula is C16H25N3O. The lowest BCUT2D eigenvalue weighted by Gasteiger charge is -2.32. The summed E-state index contributed by atoms with van der Waals surface area (Å²) in [6.45, 7) is 6.48. The zero-order valence-electron chi connectivity index (χ0n) is 12.6. The first-order chi connectivity index (χ1) is 9.54. The van der Waals surface area contributed by atoms with Crippen LogP contribution in [-0.2, 0) is 0 Å². The lowest BCUT2D eigenvalue weighted by molar-refractivity contribution is 0.211. The standard InChI is InChI=1S/C16H25N3O/c1-11-8-12(2)10-14(9-11)19-16(20)18-13(3)15-6-4-5-7-17-15/h4-7,11-14H,8-10H2,1-3H3,(H2,18,19,20). The number of nitrogens with one attached hydrogen (secondary N) is 2. The first kappa shape index (κ1) is 14.8. The van der Waals surface area contributed by atoms with E-state index < -0.39 is 0 Å². The fourth-order valence-electron chi connectivity index (χ4n) is 3.19. The second-order valence-corrected chi connectivity index (χ2v) is 6.21. The van der Waals surface area contributed by atoms with Crippen molar-refractivity contribution in [3.8, 4) is 0 Å². The zero-order valence-corrected chi connectivity index (χ0v) is 12.6. The number of rotatable bonds is 3. The highest BCUT2D eigenvalue weighted by molar-refractivity contribution is 5.74. The van der Waals surface area contributed by atoms with Crippen molar-refractivity contribution in [1.29, 1.82) is 0 Å². The maximum atomic E-state index is 12.1. The molecule has 110 valence electrons. The largest absolute Gasteiger partial charge is 0.335 e. The summed E-state index contributed by atoms with van der Waals surface area (Å²) in [5, 5.41) is 6.06. The first-order valence-corrected chi connectivity index (χ1v) is 7.52. The van der Waals surface area contributed by atoms with Gasteiger partial charge in [0.05, 0.1) is 11.7 Å². The van der Waals surface area contributed by atoms with E-state index in [4.69, 9.17) is 0 Å². The van der Waals surface area contributed by atoms with Crippen molar-refractivity contribution in [3.63, 3.8) is 0 Å². The fraction of sp³-hybridized carbons (Fsp3) is 0.625. The normalized spacial score (nSPS) is 27.6. The molecule has 1 aromatic rings. The van der Waals surface area contributed by atoms with E-state index in [0.717, 1.165) is 18.5 Å². The predicted molar refractivity (Wildman–Crippen MR) is 80.3 cm³/mol. The fourth-order valence-corrected chi connectivity index (χ4v) is 3.19. The summed E-state index contributed by atoms with van der Waals surface area (Å²) in [6, 6.07) is 5.87. The number of nitrogens with zero attached hydrogens (tertiary/aromatic N) is 1. The van der Waals surface area contributed by atoms with Crippen LogP contribution in [-0.4, -0.2) is 17.1 Å². The lowest BCUT2D eigenvalue weighted by atomic mass is 9.80. The average Bonchev–Trinajstić information content (AvgIpc) is 2.38. The van der Waals surface area contributed by atoms with E-state index in [1.54, 1.807) is 6.20 Å². The molecule has 2 rings (SSSR count). The SMILES string of the molecule is CC1CC(C)CC(NC(=O)NC(C)c2ccccn2)C1. The third-order valence-corrected chi connectivity index (χ3v) is 3.99. The maximum Gasteiger partial charge on any atom is 0.315 e. The molecule has 3 unspecified atom stereocenters. The van der Waals surface area contributed by atoms with Crippen LogP contribution in [0, 0.1) is 11.8 Å². The molecule has 4 heteroatoms. The summed E-state index contributed by atoms with van der Waals surface area (Å²) in [5.41, 5.74) is 0.882. The van der Waals surface area contributed by atoms with E-state index >= 15 is 0 Å². The van der Waals surface area contributed by atoms with E-state index in [1.807, 2.05) is 25.1 Å². The van der Waals surface area contributed by atoms with Gasteiger partial charge in [-0.15, -0.1) is 0 Å². The highest BCUT2D eigenvalue weighted by atomic mass is 16.2. The van der Waals surface area contributed by atoms with Crippen LogP contribution in [0.15, 0.2) is 24.4 Å². The third kappa shape index (κ3) is 4.22. The van der Waals surface area contributed by atoms with Crippen molar-refractivity contribution >= 4 is 6.03 Å². The molecule has 2 N–H and O–H groups in total. The average molecular weight is 275 g/mol. The van der Waals surface area contributed by atoms with Crippen molar-refractivity contribution in [1.82, 2.24) is 15.6 Å². The Morgan fingerprint density at radius 2 is 1.95 bits per heavy atom. The maximum absolute atomic E-state index is 12.1. The second kappa shape index (κ2) is 6.73. The van der Waals surface area contributed by atoms with Crippen LogP contribution in [0.4, 0.5) is 4.79 Å². The summed E-state index contributed by atoms with van der Waals surface area (Å²) in [5.74, 6) is 1.38. The minimum atomic E-state index is -0.0885. The topological polar surface area (TPSA) is 54.0 Å². The van der Waals surface area contributed by atoms with Crippen molar-refractivity contribution < 1.29 is 4.79 Å². The Hall–Kier alpha value is -1.58. The number of hydrogen-bond donors (Lipinski definition) is 2. The molecule has 0 aliphatic heterocycles. The van der Waals surface area contributed by atoms with E-state index in [9.17, 15) is 4.79 Å². The van der Waals surface area contributed by atoms with Crippen LogP contribution in [0.3, 0.4) is 0 Å². The number of aromatic nitrogens is 1. The third-order valence-electron chi connectivity index (χ3n) is 3.99. The Morgan fingerprint density at radius 3 is 2.55 bits per heavy atom. The molecule has 3 atom stereocenters. The number of hydrogen-bond acceptors (Lipinski definition) is 2. The smallest absolute Gasteiger partial charge is 0.315 e. The van der Waals surface area contributed by atoms with E-state index in [-0.39, 0.29) is 12.1 Å². The van der Waals surface area contributed by atoms with Crippen molar-refractivity contribution in [2.24, 2.45) is 11.8 Å². The molecule has 0 bridgehead atoms. The minimum Gasteiger partial charge on any atom is -0.335 e. The second-order valence-electron chi connectivity index (χ2n) is 6.21. The van der Waals surface area contributed by atoms with Crippen LogP contribution in [0.1, 0.15) is 51.8 Å². The molecule has 1 aliphatic carbocycles. The van der Waals surface area contributed by atoms with Gasteiger partial charge >= 0.3 is 6.03 Å². The Morgan fingerprint density at radius 1 is 1.25 bits per heavy atom. The van der Waals surface area contributed by atoms with Gasteiger partial charge in [-0.1, -0.05) is 19.9 Å².